The van der Waals surface area contributed by atoms with Crippen LogP contribution in [-0.4, -0.2) is 9.97 Å². The van der Waals surface area contributed by atoms with E-state index in [1.165, 1.54) is 0 Å². The van der Waals surface area contributed by atoms with Crippen molar-refractivity contribution in [3.63, 3.8) is 0 Å². The number of aromatic nitrogens is 2. The second kappa shape index (κ2) is 5.17. The van der Waals surface area contributed by atoms with E-state index >= 15 is 0 Å². The molecule has 1 radical (unpaired) electrons. The number of hydrogen-bond donors (Lipinski definition) is 0. The van der Waals surface area contributed by atoms with E-state index in [4.69, 9.17) is 0 Å². The number of para-hydroxylation sites is 1. The number of fused-ring (bicyclic) bond motifs is 1. The van der Waals surface area contributed by atoms with Crippen molar-refractivity contribution in [3.8, 4) is 11.3 Å². The van der Waals surface area contributed by atoms with Gasteiger partial charge in [0.05, 0.1) is 5.52 Å². The summed E-state index contributed by atoms with van der Waals surface area (Å²) in [6, 6.07) is 19.0. The molecular formula is C14H9IrN2-. The molecule has 0 N–H and O–H groups in total. The first-order valence-corrected chi connectivity index (χ1v) is 5.12. The molecule has 0 fully saturated rings. The van der Waals surface area contributed by atoms with Crippen molar-refractivity contribution in [3.05, 3.63) is 60.9 Å². The summed E-state index contributed by atoms with van der Waals surface area (Å²) in [5.74, 6) is 0. The normalized spacial score (nSPS) is 9.88. The Morgan fingerprint density at radius 2 is 1.71 bits per heavy atom. The Morgan fingerprint density at radius 1 is 0.882 bits per heavy atom. The van der Waals surface area contributed by atoms with Crippen LogP contribution in [0.2, 0.25) is 0 Å². The molecule has 1 aromatic heterocycles. The second-order valence-corrected chi connectivity index (χ2v) is 3.52. The van der Waals surface area contributed by atoms with Gasteiger partial charge in [0.2, 0.25) is 0 Å². The topological polar surface area (TPSA) is 25.8 Å². The van der Waals surface area contributed by atoms with E-state index in [9.17, 15) is 0 Å². The van der Waals surface area contributed by atoms with Gasteiger partial charge in [0.1, 0.15) is 6.33 Å². The first-order chi connectivity index (χ1) is 7.95. The molecule has 0 saturated carbocycles. The molecule has 3 heteroatoms. The smallest absolute Gasteiger partial charge is 0.106 e. The summed E-state index contributed by atoms with van der Waals surface area (Å²) in [6.45, 7) is 0. The fourth-order valence-corrected chi connectivity index (χ4v) is 1.76. The van der Waals surface area contributed by atoms with Crippen LogP contribution in [0, 0.1) is 6.07 Å². The van der Waals surface area contributed by atoms with Crippen molar-refractivity contribution in [1.29, 1.82) is 0 Å². The molecule has 2 nitrogen and oxygen atoms in total. The minimum atomic E-state index is 0. The van der Waals surface area contributed by atoms with Crippen LogP contribution in [0.4, 0.5) is 0 Å². The average molecular weight is 397 g/mol. The van der Waals surface area contributed by atoms with Crippen molar-refractivity contribution < 1.29 is 20.1 Å². The third-order valence-electron chi connectivity index (χ3n) is 2.51. The molecule has 17 heavy (non-hydrogen) atoms. The summed E-state index contributed by atoms with van der Waals surface area (Å²) in [5, 5.41) is 1.06. The summed E-state index contributed by atoms with van der Waals surface area (Å²) in [5.41, 5.74) is 2.90. The minimum absolute atomic E-state index is 0. The van der Waals surface area contributed by atoms with Crippen LogP contribution in [0.15, 0.2) is 54.9 Å². The van der Waals surface area contributed by atoms with Gasteiger partial charge in [-0.15, -0.1) is 35.9 Å². The van der Waals surface area contributed by atoms with E-state index in [0.29, 0.717) is 0 Å². The van der Waals surface area contributed by atoms with Crippen LogP contribution in [0.25, 0.3) is 22.2 Å². The van der Waals surface area contributed by atoms with Crippen LogP contribution in [0.3, 0.4) is 0 Å². The Bertz CT molecular complexity index is 618. The Hall–Kier alpha value is -1.57. The molecule has 3 aromatic rings. The van der Waals surface area contributed by atoms with Crippen molar-refractivity contribution in [2.45, 2.75) is 0 Å². The van der Waals surface area contributed by atoms with E-state index in [2.05, 4.69) is 16.0 Å². The molecule has 0 amide bonds. The molecule has 0 unspecified atom stereocenters. The quantitative estimate of drug-likeness (QED) is 0.590. The maximum Gasteiger partial charge on any atom is 0.106 e. The van der Waals surface area contributed by atoms with Gasteiger partial charge in [-0.1, -0.05) is 18.2 Å². The summed E-state index contributed by atoms with van der Waals surface area (Å²) in [6.07, 6.45) is 1.60. The molecule has 0 aliphatic carbocycles. The third-order valence-corrected chi connectivity index (χ3v) is 2.51. The van der Waals surface area contributed by atoms with Crippen LogP contribution < -0.4 is 0 Å². The van der Waals surface area contributed by atoms with Crippen molar-refractivity contribution >= 4 is 10.9 Å². The molecule has 2 aromatic carbocycles. The number of rotatable bonds is 1. The molecule has 0 aliphatic rings. The number of benzene rings is 2. The molecule has 3 rings (SSSR count). The molecular weight excluding hydrogens is 388 g/mol. The van der Waals surface area contributed by atoms with E-state index in [1.807, 2.05) is 48.5 Å². The summed E-state index contributed by atoms with van der Waals surface area (Å²) < 4.78 is 0. The van der Waals surface area contributed by atoms with E-state index in [1.54, 1.807) is 6.33 Å². The van der Waals surface area contributed by atoms with Crippen LogP contribution in [-0.2, 0) is 20.1 Å². The standard InChI is InChI=1S/C14H9N2.Ir/c1-2-6-11(7-3-1)14-12-8-4-5-9-13(12)15-10-16-14;/h1-6,8-10H;/q-1;. The van der Waals surface area contributed by atoms with E-state index in [0.717, 1.165) is 22.2 Å². The largest absolute Gasteiger partial charge is 0.285 e. The second-order valence-electron chi connectivity index (χ2n) is 3.52. The minimum Gasteiger partial charge on any atom is -0.285 e. The molecule has 85 valence electrons. The SMILES string of the molecule is [Ir].[c-]1ccccc1-c1ncnc2ccccc12. The molecule has 0 atom stereocenters. The van der Waals surface area contributed by atoms with Crippen molar-refractivity contribution in [1.82, 2.24) is 9.97 Å². The van der Waals surface area contributed by atoms with Gasteiger partial charge < -0.3 is 0 Å². The van der Waals surface area contributed by atoms with Crippen LogP contribution in [0.1, 0.15) is 0 Å². The first-order valence-electron chi connectivity index (χ1n) is 5.12. The summed E-state index contributed by atoms with van der Waals surface area (Å²) in [7, 11) is 0. The molecule has 1 heterocycles. The van der Waals surface area contributed by atoms with Gasteiger partial charge in [0, 0.05) is 20.1 Å². The summed E-state index contributed by atoms with van der Waals surface area (Å²) in [4.78, 5) is 8.58. The van der Waals surface area contributed by atoms with Gasteiger partial charge in [0.25, 0.3) is 0 Å². The Labute approximate surface area is 113 Å². The van der Waals surface area contributed by atoms with Gasteiger partial charge in [-0.25, -0.2) is 4.98 Å². The fourth-order valence-electron chi connectivity index (χ4n) is 1.76. The molecule has 0 saturated heterocycles. The van der Waals surface area contributed by atoms with Crippen LogP contribution in [0.5, 0.6) is 0 Å². The molecule has 0 bridgehead atoms. The zero-order valence-electron chi connectivity index (χ0n) is 8.92. The van der Waals surface area contributed by atoms with Gasteiger partial charge >= 0.3 is 0 Å². The van der Waals surface area contributed by atoms with Gasteiger partial charge in [-0.3, -0.25) is 4.98 Å². The fraction of sp³-hybridized carbons (Fsp3) is 0. The predicted octanol–water partition coefficient (Wildman–Crippen LogP) is 3.09. The maximum atomic E-state index is 4.33. The zero-order chi connectivity index (χ0) is 10.8. The Morgan fingerprint density at radius 3 is 2.53 bits per heavy atom. The third kappa shape index (κ3) is 2.26. The van der Waals surface area contributed by atoms with Gasteiger partial charge in [-0.05, 0) is 17.1 Å². The monoisotopic (exact) mass is 398 g/mol. The van der Waals surface area contributed by atoms with Gasteiger partial charge in [-0.2, -0.15) is 0 Å². The van der Waals surface area contributed by atoms with E-state index < -0.39 is 0 Å². The number of hydrogen-bond acceptors (Lipinski definition) is 2. The van der Waals surface area contributed by atoms with E-state index in [-0.39, 0.29) is 20.1 Å². The first kappa shape index (κ1) is 11.9. The predicted molar refractivity (Wildman–Crippen MR) is 63.8 cm³/mol. The van der Waals surface area contributed by atoms with Crippen molar-refractivity contribution in [2.75, 3.05) is 0 Å². The van der Waals surface area contributed by atoms with Crippen LogP contribution >= 0.6 is 0 Å². The number of nitrogens with zero attached hydrogens (tertiary/aromatic N) is 2. The Kier molecular flexibility index (Phi) is 3.62. The van der Waals surface area contributed by atoms with Crippen molar-refractivity contribution in [2.24, 2.45) is 0 Å². The van der Waals surface area contributed by atoms with Gasteiger partial charge in [0.15, 0.2) is 0 Å². The molecule has 0 spiro atoms. The average Bonchev–Trinajstić information content (AvgIpc) is 2.39. The Balaban J connectivity index is 0.00000108. The zero-order valence-corrected chi connectivity index (χ0v) is 11.3. The maximum absolute atomic E-state index is 4.33. The summed E-state index contributed by atoms with van der Waals surface area (Å²) >= 11 is 0. The molecule has 0 aliphatic heterocycles.